The highest BCUT2D eigenvalue weighted by atomic mass is 19.1. The molecular weight excluding hydrogens is 440 g/mol. The van der Waals surface area contributed by atoms with E-state index < -0.39 is 41.3 Å². The number of carbonyl (C=O) groups is 2. The molecule has 4 rings (SSSR count). The van der Waals surface area contributed by atoms with E-state index in [4.69, 9.17) is 9.47 Å². The molecule has 7 heteroatoms. The summed E-state index contributed by atoms with van der Waals surface area (Å²) in [6.45, 7) is 1.77. The van der Waals surface area contributed by atoms with Crippen LogP contribution in [0.15, 0.2) is 72.8 Å². The summed E-state index contributed by atoms with van der Waals surface area (Å²) in [5.41, 5.74) is 2.06. The van der Waals surface area contributed by atoms with Gasteiger partial charge < -0.3 is 9.47 Å². The molecule has 176 valence electrons. The van der Waals surface area contributed by atoms with E-state index in [0.717, 1.165) is 28.2 Å². The molecule has 3 aromatic rings. The largest absolute Gasteiger partial charge is 0.483 e. The molecule has 34 heavy (non-hydrogen) atoms. The molecule has 0 aliphatic carbocycles. The molecule has 2 amide bonds. The van der Waals surface area contributed by atoms with Crippen molar-refractivity contribution >= 4 is 12.0 Å². The van der Waals surface area contributed by atoms with Gasteiger partial charge in [0.2, 0.25) is 5.91 Å². The summed E-state index contributed by atoms with van der Waals surface area (Å²) >= 11 is 0. The van der Waals surface area contributed by atoms with E-state index in [1.165, 1.54) is 0 Å². The fraction of sp³-hybridized carbons (Fsp3) is 0.259. The number of hydrogen-bond donors (Lipinski definition) is 0. The van der Waals surface area contributed by atoms with E-state index in [1.54, 1.807) is 19.1 Å². The summed E-state index contributed by atoms with van der Waals surface area (Å²) < 4.78 is 39.7. The van der Waals surface area contributed by atoms with Crippen LogP contribution < -0.4 is 4.74 Å². The monoisotopic (exact) mass is 465 g/mol. The topological polar surface area (TPSA) is 55.8 Å². The molecule has 0 unspecified atom stereocenters. The van der Waals surface area contributed by atoms with Gasteiger partial charge in [0.1, 0.15) is 13.2 Å². The lowest BCUT2D eigenvalue weighted by atomic mass is 9.98. The fourth-order valence-corrected chi connectivity index (χ4v) is 4.04. The highest BCUT2D eigenvalue weighted by Gasteiger charge is 2.39. The van der Waals surface area contributed by atoms with Crippen LogP contribution in [-0.2, 0) is 29.0 Å². The molecule has 0 spiro atoms. The Morgan fingerprint density at radius 1 is 1.00 bits per heavy atom. The van der Waals surface area contributed by atoms with E-state index in [-0.39, 0.29) is 19.6 Å². The Bertz CT molecular complexity index is 1130. The van der Waals surface area contributed by atoms with Crippen LogP contribution in [0.1, 0.15) is 23.6 Å². The lowest BCUT2D eigenvalue weighted by Crippen LogP contribution is -2.43. The fourth-order valence-electron chi connectivity index (χ4n) is 4.04. The molecule has 3 aromatic carbocycles. The first-order valence-corrected chi connectivity index (χ1v) is 11.1. The van der Waals surface area contributed by atoms with E-state index in [9.17, 15) is 18.4 Å². The summed E-state index contributed by atoms with van der Waals surface area (Å²) in [5, 5.41) is 0. The number of amides is 2. The molecule has 0 N–H and O–H groups in total. The van der Waals surface area contributed by atoms with Gasteiger partial charge in [-0.25, -0.2) is 18.5 Å². The zero-order valence-electron chi connectivity index (χ0n) is 18.7. The molecule has 0 radical (unpaired) electrons. The normalized spacial score (nSPS) is 16.3. The van der Waals surface area contributed by atoms with Gasteiger partial charge in [0.05, 0.1) is 6.04 Å². The first-order chi connectivity index (χ1) is 16.4. The first kappa shape index (κ1) is 23.4. The van der Waals surface area contributed by atoms with E-state index in [0.29, 0.717) is 12.0 Å². The standard InChI is InChI=1S/C27H25F2NO4/c1-18(26(31)30-22(17-34-27(30)32)13-19-8-4-2-5-9-19)12-21-14-23(28)25(24(29)15-21)33-16-20-10-6-3-7-11-20/h2-11,14-15,18,22H,12-13,16-17H2,1H3/t18-,22-/m1/s1. The van der Waals surface area contributed by atoms with Crippen molar-refractivity contribution < 1.29 is 27.8 Å². The Balaban J connectivity index is 1.42. The minimum atomic E-state index is -0.840. The Labute approximate surface area is 196 Å². The van der Waals surface area contributed by atoms with Crippen LogP contribution in [0.3, 0.4) is 0 Å². The second-order valence-electron chi connectivity index (χ2n) is 8.40. The lowest BCUT2D eigenvalue weighted by Gasteiger charge is -2.23. The second kappa shape index (κ2) is 10.5. The Morgan fingerprint density at radius 3 is 2.21 bits per heavy atom. The van der Waals surface area contributed by atoms with Crippen LogP contribution >= 0.6 is 0 Å². The Morgan fingerprint density at radius 2 is 1.59 bits per heavy atom. The Kier molecular flexibility index (Phi) is 7.21. The van der Waals surface area contributed by atoms with Crippen LogP contribution in [0.25, 0.3) is 0 Å². The maximum atomic E-state index is 14.6. The van der Waals surface area contributed by atoms with Gasteiger partial charge in [-0.3, -0.25) is 4.79 Å². The summed E-state index contributed by atoms with van der Waals surface area (Å²) in [6.07, 6.45) is -0.158. The molecule has 5 nitrogen and oxygen atoms in total. The number of rotatable bonds is 8. The van der Waals surface area contributed by atoms with Crippen molar-refractivity contribution in [2.45, 2.75) is 32.4 Å². The van der Waals surface area contributed by atoms with Gasteiger partial charge in [-0.15, -0.1) is 0 Å². The van der Waals surface area contributed by atoms with Gasteiger partial charge in [-0.2, -0.15) is 0 Å². The molecule has 0 bridgehead atoms. The Hall–Kier alpha value is -3.74. The van der Waals surface area contributed by atoms with Crippen molar-refractivity contribution in [3.63, 3.8) is 0 Å². The van der Waals surface area contributed by atoms with Crippen LogP contribution in [0.5, 0.6) is 5.75 Å². The van der Waals surface area contributed by atoms with E-state index in [1.807, 2.05) is 48.5 Å². The van der Waals surface area contributed by atoms with Crippen molar-refractivity contribution in [2.24, 2.45) is 5.92 Å². The lowest BCUT2D eigenvalue weighted by molar-refractivity contribution is -0.132. The average Bonchev–Trinajstić information content (AvgIpc) is 3.19. The number of benzene rings is 3. The van der Waals surface area contributed by atoms with Crippen molar-refractivity contribution in [1.29, 1.82) is 0 Å². The summed E-state index contributed by atoms with van der Waals surface area (Å²) in [4.78, 5) is 26.5. The summed E-state index contributed by atoms with van der Waals surface area (Å²) in [5.74, 6) is -3.26. The van der Waals surface area contributed by atoms with Crippen LogP contribution in [0.2, 0.25) is 0 Å². The number of carbonyl (C=O) groups excluding carboxylic acids is 2. The third kappa shape index (κ3) is 5.42. The summed E-state index contributed by atoms with van der Waals surface area (Å²) in [6, 6.07) is 20.5. The van der Waals surface area contributed by atoms with Crippen LogP contribution in [-0.4, -0.2) is 29.5 Å². The third-order valence-electron chi connectivity index (χ3n) is 5.76. The molecule has 0 aromatic heterocycles. The second-order valence-corrected chi connectivity index (χ2v) is 8.40. The SMILES string of the molecule is C[C@H](Cc1cc(F)c(OCc2ccccc2)c(F)c1)C(=O)N1C(=O)OC[C@H]1Cc1ccccc1. The number of halogens is 2. The van der Waals surface area contributed by atoms with Crippen LogP contribution in [0.4, 0.5) is 13.6 Å². The minimum absolute atomic E-state index is 0.0305. The van der Waals surface area contributed by atoms with Crippen molar-refractivity contribution in [3.05, 3.63) is 101 Å². The van der Waals surface area contributed by atoms with Crippen LogP contribution in [0, 0.1) is 17.6 Å². The first-order valence-electron chi connectivity index (χ1n) is 11.1. The molecular formula is C27H25F2NO4. The number of hydrogen-bond acceptors (Lipinski definition) is 4. The van der Waals surface area contributed by atoms with Crippen molar-refractivity contribution in [3.8, 4) is 5.75 Å². The zero-order chi connectivity index (χ0) is 24.1. The molecule has 2 atom stereocenters. The summed E-state index contributed by atoms with van der Waals surface area (Å²) in [7, 11) is 0. The van der Waals surface area contributed by atoms with Gasteiger partial charge in [-0.1, -0.05) is 67.6 Å². The predicted molar refractivity (Wildman–Crippen MR) is 122 cm³/mol. The molecule has 0 saturated carbocycles. The molecule has 1 aliphatic heterocycles. The van der Waals surface area contributed by atoms with E-state index in [2.05, 4.69) is 0 Å². The highest BCUT2D eigenvalue weighted by molar-refractivity contribution is 5.94. The molecule has 1 fully saturated rings. The molecule has 1 saturated heterocycles. The number of imide groups is 1. The molecule has 1 heterocycles. The third-order valence-corrected chi connectivity index (χ3v) is 5.76. The maximum Gasteiger partial charge on any atom is 0.416 e. The average molecular weight is 465 g/mol. The minimum Gasteiger partial charge on any atom is -0.483 e. The predicted octanol–water partition coefficient (Wildman–Crippen LogP) is 5.31. The highest BCUT2D eigenvalue weighted by Crippen LogP contribution is 2.27. The van der Waals surface area contributed by atoms with Gasteiger partial charge in [0.15, 0.2) is 17.4 Å². The van der Waals surface area contributed by atoms with Gasteiger partial charge in [0, 0.05) is 5.92 Å². The van der Waals surface area contributed by atoms with Gasteiger partial charge in [-0.05, 0) is 41.7 Å². The zero-order valence-corrected chi connectivity index (χ0v) is 18.7. The maximum absolute atomic E-state index is 14.6. The number of nitrogens with zero attached hydrogens (tertiary/aromatic N) is 1. The van der Waals surface area contributed by atoms with Crippen molar-refractivity contribution in [1.82, 2.24) is 4.90 Å². The van der Waals surface area contributed by atoms with Crippen molar-refractivity contribution in [2.75, 3.05) is 6.61 Å². The molecule has 1 aliphatic rings. The van der Waals surface area contributed by atoms with Gasteiger partial charge in [0.25, 0.3) is 0 Å². The number of cyclic esters (lactones) is 1. The smallest absolute Gasteiger partial charge is 0.416 e. The van der Waals surface area contributed by atoms with E-state index >= 15 is 0 Å². The quantitative estimate of drug-likeness (QED) is 0.452. The van der Waals surface area contributed by atoms with Gasteiger partial charge >= 0.3 is 6.09 Å². The number of ether oxygens (including phenoxy) is 2.